The predicted octanol–water partition coefficient (Wildman–Crippen LogP) is 4.11. The topological polar surface area (TPSA) is 35.5 Å². The smallest absolute Gasteiger partial charge is 0.349 e. The number of hydrogen-bond acceptors (Lipinski definition) is 3. The maximum Gasteiger partial charge on any atom is 0.349 e. The van der Waals surface area contributed by atoms with Crippen LogP contribution in [0.2, 0.25) is 0 Å². The van der Waals surface area contributed by atoms with Gasteiger partial charge in [-0.25, -0.2) is 4.79 Å². The second kappa shape index (κ2) is 7.32. The van der Waals surface area contributed by atoms with Crippen LogP contribution in [0.4, 0.5) is 0 Å². The largest absolute Gasteiger partial charge is 0.482 e. The molecule has 0 radical (unpaired) electrons. The molecule has 0 saturated carbocycles. The zero-order chi connectivity index (χ0) is 16.1. The molecule has 0 aromatic heterocycles. The molecule has 23 heavy (non-hydrogen) atoms. The fourth-order valence-electron chi connectivity index (χ4n) is 2.90. The predicted molar refractivity (Wildman–Crippen MR) is 90.0 cm³/mol. The molecule has 3 heteroatoms. The molecule has 0 aliphatic heterocycles. The van der Waals surface area contributed by atoms with E-state index in [2.05, 4.69) is 13.0 Å². The average molecular weight is 310 g/mol. The lowest BCUT2D eigenvalue weighted by molar-refractivity contribution is -0.136. The Hall–Kier alpha value is -2.29. The molecule has 0 atom stereocenters. The first kappa shape index (κ1) is 15.6. The molecule has 0 N–H and O–H groups in total. The van der Waals surface area contributed by atoms with Crippen molar-refractivity contribution < 1.29 is 14.3 Å². The summed E-state index contributed by atoms with van der Waals surface area (Å²) >= 11 is 0. The lowest BCUT2D eigenvalue weighted by atomic mass is 9.92. The number of ether oxygens (including phenoxy) is 2. The van der Waals surface area contributed by atoms with Gasteiger partial charge in [-0.15, -0.1) is 0 Å². The first-order valence-corrected chi connectivity index (χ1v) is 8.29. The number of fused-ring (bicyclic) bond motifs is 1. The standard InChI is InChI=1S/C20H22O3/c1-2-15-7-10-18(11-8-15)22-14-20(21)23-19-12-9-16-5-3-4-6-17(16)13-19/h7-13H,2-6,14H2,1H3. The third-order valence-corrected chi connectivity index (χ3v) is 4.24. The lowest BCUT2D eigenvalue weighted by Gasteiger charge is -2.16. The normalized spacial score (nSPS) is 13.3. The van der Waals surface area contributed by atoms with E-state index in [0.29, 0.717) is 11.5 Å². The minimum atomic E-state index is -0.375. The van der Waals surface area contributed by atoms with Crippen molar-refractivity contribution in [2.24, 2.45) is 0 Å². The summed E-state index contributed by atoms with van der Waals surface area (Å²) in [6, 6.07) is 13.7. The minimum Gasteiger partial charge on any atom is -0.482 e. The van der Waals surface area contributed by atoms with Crippen molar-refractivity contribution in [2.45, 2.75) is 39.0 Å². The van der Waals surface area contributed by atoms with Crippen molar-refractivity contribution in [3.8, 4) is 11.5 Å². The molecular formula is C20H22O3. The summed E-state index contributed by atoms with van der Waals surface area (Å²) in [5.74, 6) is 0.922. The zero-order valence-electron chi connectivity index (χ0n) is 13.5. The Bertz CT molecular complexity index is 674. The maximum absolute atomic E-state index is 11.9. The molecule has 0 heterocycles. The van der Waals surface area contributed by atoms with Crippen LogP contribution < -0.4 is 9.47 Å². The highest BCUT2D eigenvalue weighted by atomic mass is 16.6. The van der Waals surface area contributed by atoms with Crippen LogP contribution in [0, 0.1) is 0 Å². The van der Waals surface area contributed by atoms with E-state index >= 15 is 0 Å². The minimum absolute atomic E-state index is 0.0808. The van der Waals surface area contributed by atoms with Gasteiger partial charge in [0, 0.05) is 0 Å². The number of hydrogen-bond donors (Lipinski definition) is 0. The molecule has 0 spiro atoms. The first-order valence-electron chi connectivity index (χ1n) is 8.29. The highest BCUT2D eigenvalue weighted by Crippen LogP contribution is 2.25. The summed E-state index contributed by atoms with van der Waals surface area (Å²) in [6.07, 6.45) is 5.64. The molecule has 120 valence electrons. The van der Waals surface area contributed by atoms with Gasteiger partial charge in [-0.3, -0.25) is 0 Å². The van der Waals surface area contributed by atoms with E-state index in [9.17, 15) is 4.79 Å². The second-order valence-corrected chi connectivity index (χ2v) is 5.90. The van der Waals surface area contributed by atoms with E-state index in [-0.39, 0.29) is 12.6 Å². The molecule has 3 nitrogen and oxygen atoms in total. The van der Waals surface area contributed by atoms with Crippen LogP contribution in [-0.2, 0) is 24.1 Å². The first-order chi connectivity index (χ1) is 11.2. The van der Waals surface area contributed by atoms with Gasteiger partial charge in [0.1, 0.15) is 11.5 Å². The van der Waals surface area contributed by atoms with E-state index in [1.807, 2.05) is 36.4 Å². The van der Waals surface area contributed by atoms with Gasteiger partial charge in [-0.05, 0) is 73.1 Å². The van der Waals surface area contributed by atoms with Crippen LogP contribution >= 0.6 is 0 Å². The number of esters is 1. The highest BCUT2D eigenvalue weighted by Gasteiger charge is 2.12. The van der Waals surface area contributed by atoms with Gasteiger partial charge < -0.3 is 9.47 Å². The van der Waals surface area contributed by atoms with Gasteiger partial charge >= 0.3 is 5.97 Å². The Morgan fingerprint density at radius 1 is 0.957 bits per heavy atom. The number of aryl methyl sites for hydroxylation is 3. The molecule has 1 aliphatic carbocycles. The molecule has 3 rings (SSSR count). The summed E-state index contributed by atoms with van der Waals surface area (Å²) in [6.45, 7) is 2.02. The van der Waals surface area contributed by atoms with Crippen LogP contribution in [0.5, 0.6) is 11.5 Å². The van der Waals surface area contributed by atoms with Gasteiger partial charge in [-0.2, -0.15) is 0 Å². The Morgan fingerprint density at radius 3 is 2.39 bits per heavy atom. The maximum atomic E-state index is 11.9. The summed E-state index contributed by atoms with van der Waals surface area (Å²) in [5, 5.41) is 0. The number of carbonyl (C=O) groups is 1. The summed E-state index contributed by atoms with van der Waals surface area (Å²) in [5.41, 5.74) is 3.93. The number of carbonyl (C=O) groups excluding carboxylic acids is 1. The Morgan fingerprint density at radius 2 is 1.65 bits per heavy atom. The Kier molecular flexibility index (Phi) is 4.96. The fourth-order valence-corrected chi connectivity index (χ4v) is 2.90. The van der Waals surface area contributed by atoms with Crippen molar-refractivity contribution >= 4 is 5.97 Å². The van der Waals surface area contributed by atoms with Gasteiger partial charge in [0.15, 0.2) is 6.61 Å². The van der Waals surface area contributed by atoms with Crippen molar-refractivity contribution in [3.05, 3.63) is 59.2 Å². The molecule has 2 aromatic rings. The molecule has 2 aromatic carbocycles. The average Bonchev–Trinajstić information content (AvgIpc) is 2.60. The van der Waals surface area contributed by atoms with Crippen molar-refractivity contribution in [1.82, 2.24) is 0 Å². The molecule has 1 aliphatic rings. The number of rotatable bonds is 5. The summed E-state index contributed by atoms with van der Waals surface area (Å²) < 4.78 is 10.9. The van der Waals surface area contributed by atoms with Crippen LogP contribution in [0.1, 0.15) is 36.5 Å². The molecule has 0 saturated heterocycles. The van der Waals surface area contributed by atoms with E-state index in [4.69, 9.17) is 9.47 Å². The van der Waals surface area contributed by atoms with Gasteiger partial charge in [-0.1, -0.05) is 25.1 Å². The lowest BCUT2D eigenvalue weighted by Crippen LogP contribution is -2.18. The van der Waals surface area contributed by atoms with Crippen molar-refractivity contribution in [2.75, 3.05) is 6.61 Å². The van der Waals surface area contributed by atoms with Crippen LogP contribution in [0.15, 0.2) is 42.5 Å². The molecule has 0 bridgehead atoms. The monoisotopic (exact) mass is 310 g/mol. The van der Waals surface area contributed by atoms with Crippen LogP contribution in [0.25, 0.3) is 0 Å². The van der Waals surface area contributed by atoms with E-state index < -0.39 is 0 Å². The van der Waals surface area contributed by atoms with Gasteiger partial charge in [0.2, 0.25) is 0 Å². The number of benzene rings is 2. The van der Waals surface area contributed by atoms with Gasteiger partial charge in [0.05, 0.1) is 0 Å². The van der Waals surface area contributed by atoms with Crippen LogP contribution in [-0.4, -0.2) is 12.6 Å². The van der Waals surface area contributed by atoms with E-state index in [1.54, 1.807) is 0 Å². The van der Waals surface area contributed by atoms with E-state index in [1.165, 1.54) is 29.5 Å². The molecule has 0 fully saturated rings. The third-order valence-electron chi connectivity index (χ3n) is 4.24. The highest BCUT2D eigenvalue weighted by molar-refractivity contribution is 5.74. The summed E-state index contributed by atoms with van der Waals surface area (Å²) in [4.78, 5) is 11.9. The second-order valence-electron chi connectivity index (χ2n) is 5.90. The molecular weight excluding hydrogens is 288 g/mol. The Balaban J connectivity index is 1.54. The molecule has 0 amide bonds. The zero-order valence-corrected chi connectivity index (χ0v) is 13.5. The fraction of sp³-hybridized carbons (Fsp3) is 0.350. The summed E-state index contributed by atoms with van der Waals surface area (Å²) in [7, 11) is 0. The van der Waals surface area contributed by atoms with Crippen molar-refractivity contribution in [3.63, 3.8) is 0 Å². The quantitative estimate of drug-likeness (QED) is 0.616. The Labute approximate surface area is 137 Å². The third kappa shape index (κ3) is 4.13. The van der Waals surface area contributed by atoms with Gasteiger partial charge in [0.25, 0.3) is 0 Å². The van der Waals surface area contributed by atoms with Crippen molar-refractivity contribution in [1.29, 1.82) is 0 Å². The van der Waals surface area contributed by atoms with E-state index in [0.717, 1.165) is 19.3 Å². The SMILES string of the molecule is CCc1ccc(OCC(=O)Oc2ccc3c(c2)CCCC3)cc1. The molecule has 0 unspecified atom stereocenters. The van der Waals surface area contributed by atoms with Crippen LogP contribution in [0.3, 0.4) is 0 Å².